The van der Waals surface area contributed by atoms with E-state index in [1.165, 1.54) is 0 Å². The van der Waals surface area contributed by atoms with Crippen LogP contribution in [0.15, 0.2) is 12.7 Å². The average molecular weight is 156 g/mol. The van der Waals surface area contributed by atoms with E-state index >= 15 is 0 Å². The maximum absolute atomic E-state index is 10.7. The van der Waals surface area contributed by atoms with Crippen molar-refractivity contribution in [2.45, 2.75) is 6.92 Å². The van der Waals surface area contributed by atoms with Crippen molar-refractivity contribution in [2.75, 3.05) is 13.1 Å². The molecule has 0 atom stereocenters. The van der Waals surface area contributed by atoms with E-state index in [4.69, 9.17) is 0 Å². The van der Waals surface area contributed by atoms with Gasteiger partial charge in [-0.25, -0.2) is 0 Å². The van der Waals surface area contributed by atoms with Crippen molar-refractivity contribution in [1.29, 1.82) is 0 Å². The molecule has 0 aromatic heterocycles. The van der Waals surface area contributed by atoms with E-state index < -0.39 is 0 Å². The summed E-state index contributed by atoms with van der Waals surface area (Å²) in [6.07, 6.45) is 1.12. The lowest BCUT2D eigenvalue weighted by atomic mass is 10.5. The first-order valence-electron chi connectivity index (χ1n) is 3.37. The maximum atomic E-state index is 10.7. The van der Waals surface area contributed by atoms with Crippen LogP contribution in [0.5, 0.6) is 0 Å². The standard InChI is InChI=1S/C7H12N2O2/c1-3-6(10)9-5-7(11)8-4-2/h3H,1,4-5H2,2H3,(H,8,11)(H,9,10). The van der Waals surface area contributed by atoms with E-state index in [0.717, 1.165) is 6.08 Å². The second-order valence-electron chi connectivity index (χ2n) is 1.88. The molecule has 0 saturated carbocycles. The Morgan fingerprint density at radius 3 is 2.55 bits per heavy atom. The van der Waals surface area contributed by atoms with Gasteiger partial charge in [0.2, 0.25) is 11.8 Å². The van der Waals surface area contributed by atoms with Crippen molar-refractivity contribution in [2.24, 2.45) is 0 Å². The molecule has 0 saturated heterocycles. The smallest absolute Gasteiger partial charge is 0.243 e. The number of amides is 2. The van der Waals surface area contributed by atoms with Crippen LogP contribution in [0.2, 0.25) is 0 Å². The minimum atomic E-state index is -0.337. The molecule has 0 unspecified atom stereocenters. The Hall–Kier alpha value is -1.32. The summed E-state index contributed by atoms with van der Waals surface area (Å²) in [6.45, 7) is 5.64. The van der Waals surface area contributed by atoms with Crippen LogP contribution in [0.25, 0.3) is 0 Å². The monoisotopic (exact) mass is 156 g/mol. The molecule has 0 aliphatic heterocycles. The number of hydrogen-bond donors (Lipinski definition) is 2. The summed E-state index contributed by atoms with van der Waals surface area (Å²) in [5.41, 5.74) is 0. The Morgan fingerprint density at radius 2 is 2.09 bits per heavy atom. The van der Waals surface area contributed by atoms with Gasteiger partial charge in [0.1, 0.15) is 0 Å². The largest absolute Gasteiger partial charge is 0.355 e. The fourth-order valence-electron chi connectivity index (χ4n) is 0.499. The van der Waals surface area contributed by atoms with Gasteiger partial charge in [0, 0.05) is 6.54 Å². The van der Waals surface area contributed by atoms with Gasteiger partial charge in [0.15, 0.2) is 0 Å². The molecule has 0 radical (unpaired) electrons. The van der Waals surface area contributed by atoms with Gasteiger partial charge in [-0.15, -0.1) is 0 Å². The topological polar surface area (TPSA) is 58.2 Å². The number of carbonyl (C=O) groups is 2. The van der Waals surface area contributed by atoms with Crippen molar-refractivity contribution < 1.29 is 9.59 Å². The van der Waals surface area contributed by atoms with Gasteiger partial charge in [-0.05, 0) is 13.0 Å². The quantitative estimate of drug-likeness (QED) is 0.535. The summed E-state index contributed by atoms with van der Waals surface area (Å²) in [5, 5.41) is 4.88. The van der Waals surface area contributed by atoms with Crippen LogP contribution in [0.3, 0.4) is 0 Å². The lowest BCUT2D eigenvalue weighted by Crippen LogP contribution is -2.35. The van der Waals surface area contributed by atoms with E-state index in [1.54, 1.807) is 0 Å². The van der Waals surface area contributed by atoms with E-state index in [0.29, 0.717) is 6.54 Å². The summed E-state index contributed by atoms with van der Waals surface area (Å²) in [5.74, 6) is -0.529. The molecule has 62 valence electrons. The van der Waals surface area contributed by atoms with Crippen LogP contribution >= 0.6 is 0 Å². The summed E-state index contributed by atoms with van der Waals surface area (Å²) >= 11 is 0. The van der Waals surface area contributed by atoms with Crippen molar-refractivity contribution in [1.82, 2.24) is 10.6 Å². The van der Waals surface area contributed by atoms with Gasteiger partial charge in [-0.3, -0.25) is 9.59 Å². The molecule has 0 fully saturated rings. The Labute approximate surface area is 65.7 Å². The molecule has 0 bridgehead atoms. The van der Waals surface area contributed by atoms with E-state index in [9.17, 15) is 9.59 Å². The predicted molar refractivity (Wildman–Crippen MR) is 41.9 cm³/mol. The third-order valence-electron chi connectivity index (χ3n) is 0.983. The zero-order chi connectivity index (χ0) is 8.69. The molecular formula is C7H12N2O2. The SMILES string of the molecule is C=CC(=O)NCC(=O)NCC. The van der Waals surface area contributed by atoms with Crippen LogP contribution < -0.4 is 10.6 Å². The number of rotatable bonds is 4. The Morgan fingerprint density at radius 1 is 1.45 bits per heavy atom. The number of hydrogen-bond acceptors (Lipinski definition) is 2. The first kappa shape index (κ1) is 9.68. The number of carbonyl (C=O) groups excluding carboxylic acids is 2. The molecule has 2 N–H and O–H groups in total. The van der Waals surface area contributed by atoms with Gasteiger partial charge < -0.3 is 10.6 Å². The normalized spacial score (nSPS) is 8.45. The molecule has 0 aliphatic rings. The minimum absolute atomic E-state index is 0.0126. The molecule has 0 aromatic rings. The van der Waals surface area contributed by atoms with Crippen LogP contribution in [0, 0.1) is 0 Å². The second-order valence-corrected chi connectivity index (χ2v) is 1.88. The third kappa shape index (κ3) is 5.14. The zero-order valence-electron chi connectivity index (χ0n) is 6.52. The van der Waals surface area contributed by atoms with Crippen LogP contribution in [0.1, 0.15) is 6.92 Å². The zero-order valence-corrected chi connectivity index (χ0v) is 6.52. The third-order valence-corrected chi connectivity index (χ3v) is 0.983. The summed E-state index contributed by atoms with van der Waals surface area (Å²) in [6, 6.07) is 0. The molecule has 2 amide bonds. The molecule has 11 heavy (non-hydrogen) atoms. The summed E-state index contributed by atoms with van der Waals surface area (Å²) in [4.78, 5) is 21.2. The minimum Gasteiger partial charge on any atom is -0.355 e. The van der Waals surface area contributed by atoms with Gasteiger partial charge in [-0.2, -0.15) is 0 Å². The molecule has 0 aromatic carbocycles. The Bertz CT molecular complexity index is 166. The van der Waals surface area contributed by atoms with Crippen molar-refractivity contribution in [3.05, 3.63) is 12.7 Å². The van der Waals surface area contributed by atoms with E-state index in [2.05, 4.69) is 17.2 Å². The highest BCUT2D eigenvalue weighted by molar-refractivity contribution is 5.90. The molecule has 0 aliphatic carbocycles. The van der Waals surface area contributed by atoms with Gasteiger partial charge in [-0.1, -0.05) is 6.58 Å². The van der Waals surface area contributed by atoms with Crippen molar-refractivity contribution in [3.8, 4) is 0 Å². The van der Waals surface area contributed by atoms with Crippen LogP contribution in [-0.4, -0.2) is 24.9 Å². The first-order chi connectivity index (χ1) is 5.20. The highest BCUT2D eigenvalue weighted by atomic mass is 16.2. The van der Waals surface area contributed by atoms with E-state index in [1.807, 2.05) is 6.92 Å². The number of nitrogens with one attached hydrogen (secondary N) is 2. The van der Waals surface area contributed by atoms with Crippen molar-refractivity contribution in [3.63, 3.8) is 0 Å². The molecule has 0 spiro atoms. The van der Waals surface area contributed by atoms with Crippen molar-refractivity contribution >= 4 is 11.8 Å². The fraction of sp³-hybridized carbons (Fsp3) is 0.429. The number of likely N-dealkylation sites (N-methyl/N-ethyl adjacent to an activating group) is 1. The van der Waals surface area contributed by atoms with Crippen LogP contribution in [0.4, 0.5) is 0 Å². The first-order valence-corrected chi connectivity index (χ1v) is 3.37. The highest BCUT2D eigenvalue weighted by Crippen LogP contribution is 1.67. The van der Waals surface area contributed by atoms with E-state index in [-0.39, 0.29) is 18.4 Å². The molecule has 4 heteroatoms. The Kier molecular flexibility index (Phi) is 4.81. The molecular weight excluding hydrogens is 144 g/mol. The molecule has 0 rings (SSSR count). The average Bonchev–Trinajstić information content (AvgIpc) is 2.01. The lowest BCUT2D eigenvalue weighted by molar-refractivity contribution is -0.123. The van der Waals surface area contributed by atoms with Gasteiger partial charge >= 0.3 is 0 Å². The predicted octanol–water partition coefficient (Wildman–Crippen LogP) is -0.575. The maximum Gasteiger partial charge on any atom is 0.243 e. The fourth-order valence-corrected chi connectivity index (χ4v) is 0.499. The van der Waals surface area contributed by atoms with Crippen LogP contribution in [-0.2, 0) is 9.59 Å². The summed E-state index contributed by atoms with van der Waals surface area (Å²) < 4.78 is 0. The second kappa shape index (κ2) is 5.46. The molecule has 4 nitrogen and oxygen atoms in total. The molecule has 0 heterocycles. The highest BCUT2D eigenvalue weighted by Gasteiger charge is 1.99. The van der Waals surface area contributed by atoms with Gasteiger partial charge in [0.05, 0.1) is 6.54 Å². The van der Waals surface area contributed by atoms with Gasteiger partial charge in [0.25, 0.3) is 0 Å². The Balaban J connectivity index is 3.45. The lowest BCUT2D eigenvalue weighted by Gasteiger charge is -2.01. The summed E-state index contributed by atoms with van der Waals surface area (Å²) in [7, 11) is 0.